The van der Waals surface area contributed by atoms with Gasteiger partial charge in [-0.1, -0.05) is 47.7 Å². The van der Waals surface area contributed by atoms with Crippen molar-refractivity contribution < 1.29 is 9.53 Å². The molecule has 0 N–H and O–H groups in total. The molecule has 0 spiro atoms. The maximum Gasteiger partial charge on any atom is 0.338 e. The Bertz CT molecular complexity index is 1770. The van der Waals surface area contributed by atoms with E-state index in [0.717, 1.165) is 32.6 Å². The molecule has 1 unspecified atom stereocenters. The molecule has 4 aromatic rings. The highest BCUT2D eigenvalue weighted by molar-refractivity contribution is 7.98. The van der Waals surface area contributed by atoms with Crippen LogP contribution in [0.25, 0.3) is 17.0 Å². The molecule has 194 valence electrons. The normalized spacial score (nSPS) is 15.5. The number of allylic oxidation sites excluding steroid dienone is 2. The van der Waals surface area contributed by atoms with Gasteiger partial charge in [0.2, 0.25) is 0 Å². The maximum absolute atomic E-state index is 14.0. The monoisotopic (exact) mass is 543 g/mol. The zero-order valence-corrected chi connectivity index (χ0v) is 23.5. The Labute approximate surface area is 229 Å². The minimum Gasteiger partial charge on any atom is -0.463 e. The highest BCUT2D eigenvalue weighted by atomic mass is 32.2. The summed E-state index contributed by atoms with van der Waals surface area (Å²) in [7, 11) is 0. The summed E-state index contributed by atoms with van der Waals surface area (Å²) in [4.78, 5) is 33.5. The van der Waals surface area contributed by atoms with E-state index in [1.54, 1.807) is 30.2 Å². The van der Waals surface area contributed by atoms with E-state index in [-0.39, 0.29) is 12.2 Å². The summed E-state index contributed by atoms with van der Waals surface area (Å²) in [5.74, 6) is -0.453. The molecule has 3 heterocycles. The number of thiazole rings is 1. The summed E-state index contributed by atoms with van der Waals surface area (Å²) in [5, 5.41) is 1.07. The van der Waals surface area contributed by atoms with Gasteiger partial charge in [-0.3, -0.25) is 9.36 Å². The molecule has 5 rings (SSSR count). The van der Waals surface area contributed by atoms with Crippen molar-refractivity contribution in [3.8, 4) is 0 Å². The Morgan fingerprint density at radius 1 is 1.18 bits per heavy atom. The van der Waals surface area contributed by atoms with Crippen molar-refractivity contribution in [2.75, 3.05) is 12.9 Å². The number of benzene rings is 2. The molecule has 0 saturated carbocycles. The van der Waals surface area contributed by atoms with Gasteiger partial charge in [0.1, 0.15) is 0 Å². The number of thioether (sulfide) groups is 1. The number of carbonyl (C=O) groups is 1. The second kappa shape index (κ2) is 10.6. The van der Waals surface area contributed by atoms with Crippen molar-refractivity contribution >= 4 is 46.0 Å². The van der Waals surface area contributed by atoms with Crippen LogP contribution in [0.1, 0.15) is 36.7 Å². The van der Waals surface area contributed by atoms with Crippen molar-refractivity contribution in [2.45, 2.75) is 38.3 Å². The predicted molar refractivity (Wildman–Crippen MR) is 155 cm³/mol. The van der Waals surface area contributed by atoms with Crippen molar-refractivity contribution in [3.05, 3.63) is 109 Å². The SMILES string of the molecule is C=CCn1c(C)c(/C=c2/sc3n(c2=O)C(c2ccc(SC)cc2)C(C(=O)OCC)=C(C)N=3)c2ccccc21. The van der Waals surface area contributed by atoms with E-state index in [2.05, 4.69) is 30.2 Å². The van der Waals surface area contributed by atoms with Crippen molar-refractivity contribution in [2.24, 2.45) is 4.99 Å². The van der Waals surface area contributed by atoms with Crippen LogP contribution < -0.4 is 14.9 Å². The lowest BCUT2D eigenvalue weighted by Crippen LogP contribution is -2.39. The van der Waals surface area contributed by atoms with Gasteiger partial charge in [-0.25, -0.2) is 9.79 Å². The van der Waals surface area contributed by atoms with Crippen LogP contribution in [0, 0.1) is 6.92 Å². The van der Waals surface area contributed by atoms with E-state index >= 15 is 0 Å². The zero-order valence-electron chi connectivity index (χ0n) is 21.9. The standard InChI is InChI=1S/C30H29N3O3S2/c1-6-16-32-19(4)23(22-10-8-9-11-24(22)32)17-25-28(34)33-27(20-12-14-21(37-5)15-13-20)26(29(35)36-7-2)18(3)31-30(33)38-25/h6,8-15,17,27H,1,7,16H2,2-5H3/b25-17+. The minimum absolute atomic E-state index is 0.179. The first kappa shape index (κ1) is 26.0. The van der Waals surface area contributed by atoms with Crippen LogP contribution in [0.2, 0.25) is 0 Å². The molecule has 8 heteroatoms. The second-order valence-corrected chi connectivity index (χ2v) is 10.9. The lowest BCUT2D eigenvalue weighted by atomic mass is 9.96. The van der Waals surface area contributed by atoms with Gasteiger partial charge in [-0.05, 0) is 56.9 Å². The van der Waals surface area contributed by atoms with Gasteiger partial charge in [-0.2, -0.15) is 0 Å². The van der Waals surface area contributed by atoms with Crippen LogP contribution in [0.3, 0.4) is 0 Å². The first-order valence-corrected chi connectivity index (χ1v) is 14.5. The summed E-state index contributed by atoms with van der Waals surface area (Å²) in [5.41, 5.74) is 4.76. The molecule has 0 aliphatic carbocycles. The third-order valence-electron chi connectivity index (χ3n) is 6.82. The Morgan fingerprint density at radius 2 is 1.92 bits per heavy atom. The molecule has 0 radical (unpaired) electrons. The number of rotatable bonds is 7. The average Bonchev–Trinajstić information content (AvgIpc) is 3.37. The Morgan fingerprint density at radius 3 is 2.61 bits per heavy atom. The lowest BCUT2D eigenvalue weighted by molar-refractivity contribution is -0.139. The average molecular weight is 544 g/mol. The number of fused-ring (bicyclic) bond motifs is 2. The van der Waals surface area contributed by atoms with Gasteiger partial charge in [0.25, 0.3) is 5.56 Å². The van der Waals surface area contributed by atoms with E-state index < -0.39 is 12.0 Å². The molecule has 6 nitrogen and oxygen atoms in total. The number of nitrogens with zero attached hydrogens (tertiary/aromatic N) is 3. The Kier molecular flexibility index (Phi) is 7.27. The summed E-state index contributed by atoms with van der Waals surface area (Å²) in [6, 6.07) is 15.5. The third kappa shape index (κ3) is 4.37. The summed E-state index contributed by atoms with van der Waals surface area (Å²) >= 11 is 2.98. The van der Waals surface area contributed by atoms with E-state index in [0.29, 0.717) is 27.1 Å². The summed E-state index contributed by atoms with van der Waals surface area (Å²) in [6.07, 6.45) is 5.84. The molecule has 0 saturated heterocycles. The highest BCUT2D eigenvalue weighted by Gasteiger charge is 2.33. The van der Waals surface area contributed by atoms with Crippen molar-refractivity contribution in [3.63, 3.8) is 0 Å². The Balaban J connectivity index is 1.76. The molecule has 2 aromatic heterocycles. The molecule has 1 aliphatic rings. The molecule has 0 fully saturated rings. The largest absolute Gasteiger partial charge is 0.463 e. The van der Waals surface area contributed by atoms with Crippen LogP contribution >= 0.6 is 23.1 Å². The van der Waals surface area contributed by atoms with Crippen molar-refractivity contribution in [1.82, 2.24) is 9.13 Å². The summed E-state index contributed by atoms with van der Waals surface area (Å²) in [6.45, 7) is 10.5. The molecule has 38 heavy (non-hydrogen) atoms. The first-order chi connectivity index (χ1) is 18.4. The molecule has 2 aromatic carbocycles. The highest BCUT2D eigenvalue weighted by Crippen LogP contribution is 2.32. The Hall–Kier alpha value is -3.62. The first-order valence-electron chi connectivity index (χ1n) is 12.4. The number of ether oxygens (including phenoxy) is 1. The van der Waals surface area contributed by atoms with E-state index in [1.165, 1.54) is 11.3 Å². The fourth-order valence-corrected chi connectivity index (χ4v) is 6.47. The topological polar surface area (TPSA) is 65.6 Å². The number of carbonyl (C=O) groups excluding carboxylic acids is 1. The van der Waals surface area contributed by atoms with Gasteiger partial charge in [0.05, 0.1) is 28.5 Å². The predicted octanol–water partition coefficient (Wildman–Crippen LogP) is 4.97. The van der Waals surface area contributed by atoms with Crippen molar-refractivity contribution in [1.29, 1.82) is 0 Å². The van der Waals surface area contributed by atoms with Gasteiger partial charge >= 0.3 is 5.97 Å². The number of aromatic nitrogens is 2. The number of esters is 1. The van der Waals surface area contributed by atoms with Gasteiger partial charge in [0, 0.05) is 33.6 Å². The molecular weight excluding hydrogens is 514 g/mol. The zero-order chi connectivity index (χ0) is 27.0. The molecule has 0 bridgehead atoms. The number of para-hydroxylation sites is 1. The molecule has 1 atom stereocenters. The number of hydrogen-bond acceptors (Lipinski definition) is 6. The maximum atomic E-state index is 14.0. The fraction of sp³-hybridized carbons (Fsp3) is 0.233. The summed E-state index contributed by atoms with van der Waals surface area (Å²) < 4.78 is 9.81. The lowest BCUT2D eigenvalue weighted by Gasteiger charge is -2.24. The van der Waals surface area contributed by atoms with Crippen LogP contribution in [0.4, 0.5) is 0 Å². The van der Waals surface area contributed by atoms with Crippen LogP contribution in [0.15, 0.2) is 87.1 Å². The van der Waals surface area contributed by atoms with Crippen LogP contribution in [0.5, 0.6) is 0 Å². The van der Waals surface area contributed by atoms with E-state index in [9.17, 15) is 9.59 Å². The molecule has 0 amide bonds. The fourth-order valence-electron chi connectivity index (χ4n) is 5.03. The van der Waals surface area contributed by atoms with Gasteiger partial charge in [-0.15, -0.1) is 18.3 Å². The molecule has 1 aliphatic heterocycles. The quantitative estimate of drug-likeness (QED) is 0.188. The van der Waals surface area contributed by atoms with E-state index in [4.69, 9.17) is 9.73 Å². The minimum atomic E-state index is -0.619. The van der Waals surface area contributed by atoms with Gasteiger partial charge in [0.15, 0.2) is 4.80 Å². The number of hydrogen-bond donors (Lipinski definition) is 0. The third-order valence-corrected chi connectivity index (χ3v) is 8.54. The van der Waals surface area contributed by atoms with Crippen LogP contribution in [-0.4, -0.2) is 28.0 Å². The smallest absolute Gasteiger partial charge is 0.338 e. The second-order valence-electron chi connectivity index (χ2n) is 8.99. The van der Waals surface area contributed by atoms with Gasteiger partial charge < -0.3 is 9.30 Å². The van der Waals surface area contributed by atoms with Crippen LogP contribution in [-0.2, 0) is 16.1 Å². The molecular formula is C30H29N3O3S2. The van der Waals surface area contributed by atoms with E-state index in [1.807, 2.05) is 54.8 Å².